The summed E-state index contributed by atoms with van der Waals surface area (Å²) in [5.74, 6) is -0.508. The largest absolute Gasteiger partial charge is 0.416 e. The van der Waals surface area contributed by atoms with Crippen LogP contribution in [0.3, 0.4) is 0 Å². The molecule has 0 unspecified atom stereocenters. The molecule has 4 rings (SSSR count). The van der Waals surface area contributed by atoms with E-state index in [2.05, 4.69) is 10.4 Å². The third-order valence-corrected chi connectivity index (χ3v) is 5.29. The van der Waals surface area contributed by atoms with E-state index in [-0.39, 0.29) is 24.0 Å². The molecule has 0 saturated heterocycles. The first-order valence-electron chi connectivity index (χ1n) is 10.2. The molecule has 0 bridgehead atoms. The summed E-state index contributed by atoms with van der Waals surface area (Å²) in [7, 11) is 0. The number of alkyl halides is 6. The monoisotopic (exact) mass is 484 g/mol. The van der Waals surface area contributed by atoms with Crippen LogP contribution in [-0.4, -0.2) is 20.3 Å². The van der Waals surface area contributed by atoms with Gasteiger partial charge in [0.15, 0.2) is 5.82 Å². The summed E-state index contributed by atoms with van der Waals surface area (Å²) in [4.78, 5) is 25.2. The van der Waals surface area contributed by atoms with Crippen molar-refractivity contribution in [3.8, 4) is 11.4 Å². The number of rotatable bonds is 6. The zero-order valence-corrected chi connectivity index (χ0v) is 17.5. The molecule has 12 heteroatoms. The number of nitrogens with one attached hydrogen (secondary N) is 1. The summed E-state index contributed by atoms with van der Waals surface area (Å²) in [6.07, 6.45) is -7.63. The van der Waals surface area contributed by atoms with Crippen molar-refractivity contribution in [2.24, 2.45) is 0 Å². The second-order valence-electron chi connectivity index (χ2n) is 7.91. The number of carbonyl (C=O) groups is 1. The minimum atomic E-state index is -4.52. The summed E-state index contributed by atoms with van der Waals surface area (Å²) in [6.45, 7) is -0.683. The summed E-state index contributed by atoms with van der Waals surface area (Å²) < 4.78 is 79.3. The first kappa shape index (κ1) is 23.6. The molecule has 1 amide bonds. The van der Waals surface area contributed by atoms with Crippen molar-refractivity contribution < 1.29 is 31.1 Å². The van der Waals surface area contributed by atoms with E-state index in [1.54, 1.807) is 0 Å². The number of halogens is 6. The van der Waals surface area contributed by atoms with Crippen molar-refractivity contribution >= 4 is 5.91 Å². The third-order valence-electron chi connectivity index (χ3n) is 5.29. The lowest BCUT2D eigenvalue weighted by atomic mass is 10.1. The van der Waals surface area contributed by atoms with Crippen molar-refractivity contribution in [3.63, 3.8) is 0 Å². The molecule has 0 atom stereocenters. The fourth-order valence-corrected chi connectivity index (χ4v) is 3.44. The van der Waals surface area contributed by atoms with Crippen LogP contribution in [0, 0.1) is 0 Å². The first-order valence-corrected chi connectivity index (χ1v) is 10.2. The topological polar surface area (TPSA) is 68.9 Å². The Hall–Kier alpha value is -3.57. The maximum absolute atomic E-state index is 12.9. The van der Waals surface area contributed by atoms with Crippen molar-refractivity contribution in [1.82, 2.24) is 19.7 Å². The molecule has 1 fully saturated rings. The maximum atomic E-state index is 12.9. The molecule has 0 aliphatic heterocycles. The zero-order valence-electron chi connectivity index (χ0n) is 17.5. The molecule has 1 aliphatic carbocycles. The Bertz CT molecular complexity index is 1250. The number of hydrogen-bond donors (Lipinski definition) is 1. The maximum Gasteiger partial charge on any atom is 0.416 e. The SMILES string of the molecule is O=C(Cn1nc(-c2ccc(C(F)(F)F)cc2)n(C2CC2)c1=O)NCc1cccc(C(F)(F)F)c1. The standard InChI is InChI=1S/C22H18F6N4O2/c23-21(24,25)15-6-4-14(5-7-15)19-30-31(20(34)32(19)17-8-9-17)12-18(33)29-11-13-2-1-3-16(10-13)22(26,27)28/h1-7,10,17H,8-9,11-12H2,(H,29,33). The van der Waals surface area contributed by atoms with Gasteiger partial charge in [0.1, 0.15) is 6.54 Å². The van der Waals surface area contributed by atoms with Crippen LogP contribution >= 0.6 is 0 Å². The highest BCUT2D eigenvalue weighted by atomic mass is 19.4. The van der Waals surface area contributed by atoms with Crippen molar-refractivity contribution in [1.29, 1.82) is 0 Å². The van der Waals surface area contributed by atoms with Crippen LogP contribution < -0.4 is 11.0 Å². The lowest BCUT2D eigenvalue weighted by Crippen LogP contribution is -2.33. The fourth-order valence-electron chi connectivity index (χ4n) is 3.44. The molecule has 1 aromatic heterocycles. The quantitative estimate of drug-likeness (QED) is 0.528. The van der Waals surface area contributed by atoms with Gasteiger partial charge in [0.05, 0.1) is 11.1 Å². The third kappa shape index (κ3) is 5.15. The van der Waals surface area contributed by atoms with E-state index in [4.69, 9.17) is 0 Å². The Kier molecular flexibility index (Phi) is 6.00. The Morgan fingerprint density at radius 1 is 0.971 bits per heavy atom. The van der Waals surface area contributed by atoms with E-state index in [0.717, 1.165) is 28.9 Å². The Labute approximate surface area is 188 Å². The number of hydrogen-bond acceptors (Lipinski definition) is 3. The molecule has 1 N–H and O–H groups in total. The van der Waals surface area contributed by atoms with Crippen LogP contribution in [0.25, 0.3) is 11.4 Å². The molecule has 6 nitrogen and oxygen atoms in total. The zero-order chi connectivity index (χ0) is 24.7. The van der Waals surface area contributed by atoms with Gasteiger partial charge in [0.2, 0.25) is 5.91 Å². The second-order valence-corrected chi connectivity index (χ2v) is 7.91. The lowest BCUT2D eigenvalue weighted by molar-refractivity contribution is -0.138. The van der Waals surface area contributed by atoms with Gasteiger partial charge in [0.25, 0.3) is 0 Å². The smallest absolute Gasteiger partial charge is 0.350 e. The molecule has 34 heavy (non-hydrogen) atoms. The van der Waals surface area contributed by atoms with Crippen molar-refractivity contribution in [2.75, 3.05) is 0 Å². The van der Waals surface area contributed by atoms with E-state index in [9.17, 15) is 35.9 Å². The molecule has 1 heterocycles. The Balaban J connectivity index is 1.51. The predicted octanol–water partition coefficient (Wildman–Crippen LogP) is 4.40. The molecule has 0 radical (unpaired) electrons. The fraction of sp³-hybridized carbons (Fsp3) is 0.318. The number of carbonyl (C=O) groups excluding carboxylic acids is 1. The summed E-state index contributed by atoms with van der Waals surface area (Å²) in [6, 6.07) is 8.51. The van der Waals surface area contributed by atoms with E-state index in [1.165, 1.54) is 28.8 Å². The molecule has 1 aliphatic rings. The van der Waals surface area contributed by atoms with Crippen LogP contribution in [0.4, 0.5) is 26.3 Å². The summed E-state index contributed by atoms with van der Waals surface area (Å²) in [5, 5.41) is 6.60. The van der Waals surface area contributed by atoms with Gasteiger partial charge in [-0.15, -0.1) is 5.10 Å². The minimum Gasteiger partial charge on any atom is -0.350 e. The Morgan fingerprint density at radius 2 is 1.62 bits per heavy atom. The van der Waals surface area contributed by atoms with E-state index >= 15 is 0 Å². The van der Waals surface area contributed by atoms with Crippen LogP contribution in [0.2, 0.25) is 0 Å². The average molecular weight is 484 g/mol. The molecular formula is C22H18F6N4O2. The lowest BCUT2D eigenvalue weighted by Gasteiger charge is -2.09. The van der Waals surface area contributed by atoms with E-state index in [1.807, 2.05) is 0 Å². The van der Waals surface area contributed by atoms with Gasteiger partial charge in [-0.3, -0.25) is 9.36 Å². The number of amides is 1. The molecule has 2 aromatic carbocycles. The van der Waals surface area contributed by atoms with Crippen molar-refractivity contribution in [3.05, 3.63) is 75.7 Å². The highest BCUT2D eigenvalue weighted by molar-refractivity contribution is 5.75. The highest BCUT2D eigenvalue weighted by Crippen LogP contribution is 2.37. The van der Waals surface area contributed by atoms with Crippen LogP contribution in [0.5, 0.6) is 0 Å². The highest BCUT2D eigenvalue weighted by Gasteiger charge is 2.33. The van der Waals surface area contributed by atoms with Gasteiger partial charge in [0, 0.05) is 18.2 Å². The molecule has 180 valence electrons. The van der Waals surface area contributed by atoms with Crippen molar-refractivity contribution in [2.45, 2.75) is 44.3 Å². The normalized spacial score (nSPS) is 14.3. The molecule has 3 aromatic rings. The first-order chi connectivity index (χ1) is 15.9. The van der Waals surface area contributed by atoms with Gasteiger partial charge in [-0.2, -0.15) is 26.3 Å². The molecule has 0 spiro atoms. The van der Waals surface area contributed by atoms with Gasteiger partial charge < -0.3 is 5.32 Å². The van der Waals surface area contributed by atoms with Crippen LogP contribution in [-0.2, 0) is 30.2 Å². The van der Waals surface area contributed by atoms with Gasteiger partial charge in [-0.05, 0) is 42.7 Å². The van der Waals surface area contributed by atoms with Crippen LogP contribution in [0.15, 0.2) is 53.3 Å². The van der Waals surface area contributed by atoms with E-state index in [0.29, 0.717) is 18.4 Å². The minimum absolute atomic E-state index is 0.145. The van der Waals surface area contributed by atoms with Gasteiger partial charge in [-0.1, -0.05) is 24.3 Å². The summed E-state index contributed by atoms with van der Waals surface area (Å²) >= 11 is 0. The van der Waals surface area contributed by atoms with E-state index < -0.39 is 41.6 Å². The average Bonchev–Trinajstić information content (AvgIpc) is 3.56. The van der Waals surface area contributed by atoms with Crippen LogP contribution in [0.1, 0.15) is 35.6 Å². The number of aromatic nitrogens is 3. The van der Waals surface area contributed by atoms with Gasteiger partial charge in [-0.25, -0.2) is 9.48 Å². The second kappa shape index (κ2) is 8.65. The Morgan fingerprint density at radius 3 is 2.21 bits per heavy atom. The molecular weight excluding hydrogens is 466 g/mol. The number of benzene rings is 2. The summed E-state index contributed by atoms with van der Waals surface area (Å²) in [5.41, 5.74) is -1.76. The predicted molar refractivity (Wildman–Crippen MR) is 108 cm³/mol. The number of nitrogens with zero attached hydrogens (tertiary/aromatic N) is 3. The molecule has 1 saturated carbocycles. The van der Waals surface area contributed by atoms with Gasteiger partial charge >= 0.3 is 18.0 Å².